The van der Waals surface area contributed by atoms with Gasteiger partial charge in [0.25, 0.3) is 5.56 Å². The molecule has 0 bridgehead atoms. The molecule has 0 aliphatic heterocycles. The van der Waals surface area contributed by atoms with Crippen LogP contribution in [0.4, 0.5) is 0 Å². The molecule has 0 N–H and O–H groups in total. The molecule has 136 valence electrons. The van der Waals surface area contributed by atoms with Crippen molar-refractivity contribution in [3.63, 3.8) is 0 Å². The smallest absolute Gasteiger partial charge is 0.266 e. The van der Waals surface area contributed by atoms with Gasteiger partial charge < -0.3 is 4.74 Å². The minimum absolute atomic E-state index is 0.0918. The van der Waals surface area contributed by atoms with Crippen LogP contribution in [0.25, 0.3) is 16.6 Å². The monoisotopic (exact) mass is 395 g/mol. The van der Waals surface area contributed by atoms with Gasteiger partial charge in [0.2, 0.25) is 0 Å². The maximum Gasteiger partial charge on any atom is 0.266 e. The molecule has 2 aromatic carbocycles. The van der Waals surface area contributed by atoms with Crippen LogP contribution in [-0.2, 0) is 5.75 Å². The third kappa shape index (κ3) is 3.61. The predicted octanol–water partition coefficient (Wildman–Crippen LogP) is 4.45. The first-order valence-corrected chi connectivity index (χ1v) is 10.2. The molecule has 0 amide bonds. The second-order valence-electron chi connectivity index (χ2n) is 5.90. The molecular weight excluding hydrogens is 378 g/mol. The van der Waals surface area contributed by atoms with Crippen molar-refractivity contribution in [2.24, 2.45) is 0 Å². The van der Waals surface area contributed by atoms with Crippen molar-refractivity contribution >= 4 is 34.0 Å². The summed E-state index contributed by atoms with van der Waals surface area (Å²) in [5.41, 5.74) is 2.32. The molecule has 0 radical (unpaired) electrons. The quantitative estimate of drug-likeness (QED) is 0.369. The van der Waals surface area contributed by atoms with E-state index < -0.39 is 0 Å². The van der Waals surface area contributed by atoms with Crippen molar-refractivity contribution in [1.29, 1.82) is 0 Å². The van der Waals surface area contributed by atoms with E-state index in [4.69, 9.17) is 9.72 Å². The Labute approximate surface area is 164 Å². The minimum Gasteiger partial charge on any atom is -0.497 e. The van der Waals surface area contributed by atoms with Crippen LogP contribution in [-0.4, -0.2) is 21.6 Å². The maximum atomic E-state index is 13.2. The molecule has 2 heterocycles. The normalized spacial score (nSPS) is 11.0. The molecular formula is C20H17N3O2S2. The van der Waals surface area contributed by atoms with Crippen molar-refractivity contribution in [2.75, 3.05) is 7.11 Å². The van der Waals surface area contributed by atoms with E-state index in [1.807, 2.05) is 54.8 Å². The van der Waals surface area contributed by atoms with Crippen LogP contribution < -0.4 is 10.3 Å². The third-order valence-electron chi connectivity index (χ3n) is 4.07. The van der Waals surface area contributed by atoms with E-state index in [9.17, 15) is 4.79 Å². The van der Waals surface area contributed by atoms with Gasteiger partial charge in [-0.25, -0.2) is 9.97 Å². The van der Waals surface area contributed by atoms with Gasteiger partial charge >= 0.3 is 0 Å². The standard InChI is InChI=1S/C20H17N3O2S2/c1-13-21-14(11-26-13)12-27-20-22-18-9-4-3-8-17(18)19(24)23(20)15-6-5-7-16(10-15)25-2/h3-11H,12H2,1-2H3. The zero-order chi connectivity index (χ0) is 18.8. The molecule has 0 fully saturated rings. The average Bonchev–Trinajstić information content (AvgIpc) is 3.12. The van der Waals surface area contributed by atoms with Gasteiger partial charge in [-0.15, -0.1) is 11.3 Å². The van der Waals surface area contributed by atoms with Gasteiger partial charge in [0, 0.05) is 17.2 Å². The molecule has 2 aromatic heterocycles. The molecule has 0 unspecified atom stereocenters. The molecule has 7 heteroatoms. The maximum absolute atomic E-state index is 13.2. The lowest BCUT2D eigenvalue weighted by atomic mass is 10.2. The van der Waals surface area contributed by atoms with E-state index in [0.717, 1.165) is 16.4 Å². The molecule has 4 aromatic rings. The molecule has 0 aliphatic carbocycles. The van der Waals surface area contributed by atoms with E-state index in [-0.39, 0.29) is 5.56 Å². The second-order valence-corrected chi connectivity index (χ2v) is 7.90. The highest BCUT2D eigenvalue weighted by atomic mass is 32.2. The molecule has 0 saturated carbocycles. The third-order valence-corrected chi connectivity index (χ3v) is 5.87. The SMILES string of the molecule is COc1cccc(-n2c(SCc3csc(C)n3)nc3ccccc3c2=O)c1. The van der Waals surface area contributed by atoms with Gasteiger partial charge in [0.05, 0.1) is 34.4 Å². The summed E-state index contributed by atoms with van der Waals surface area (Å²) in [6.45, 7) is 1.99. The number of rotatable bonds is 5. The lowest BCUT2D eigenvalue weighted by Crippen LogP contribution is -2.21. The Balaban J connectivity index is 1.85. The highest BCUT2D eigenvalue weighted by Gasteiger charge is 2.14. The van der Waals surface area contributed by atoms with Gasteiger partial charge in [-0.2, -0.15) is 0 Å². The van der Waals surface area contributed by atoms with Crippen molar-refractivity contribution in [3.8, 4) is 11.4 Å². The Morgan fingerprint density at radius 1 is 1.15 bits per heavy atom. The van der Waals surface area contributed by atoms with Crippen LogP contribution in [0.1, 0.15) is 10.7 Å². The number of nitrogens with zero attached hydrogens (tertiary/aromatic N) is 3. The highest BCUT2D eigenvalue weighted by molar-refractivity contribution is 7.98. The number of fused-ring (bicyclic) bond motifs is 1. The predicted molar refractivity (Wildman–Crippen MR) is 110 cm³/mol. The molecule has 0 atom stereocenters. The van der Waals surface area contributed by atoms with Crippen molar-refractivity contribution in [3.05, 3.63) is 75.0 Å². The van der Waals surface area contributed by atoms with Crippen LogP contribution in [0.5, 0.6) is 5.75 Å². The van der Waals surface area contributed by atoms with Gasteiger partial charge in [-0.05, 0) is 31.2 Å². The van der Waals surface area contributed by atoms with E-state index in [1.54, 1.807) is 29.1 Å². The summed E-state index contributed by atoms with van der Waals surface area (Å²) < 4.78 is 6.97. The summed E-state index contributed by atoms with van der Waals surface area (Å²) in [5.74, 6) is 1.35. The second kappa shape index (κ2) is 7.54. The van der Waals surface area contributed by atoms with Crippen LogP contribution in [0, 0.1) is 6.92 Å². The summed E-state index contributed by atoms with van der Waals surface area (Å²) in [5, 5.41) is 4.30. The number of hydrogen-bond acceptors (Lipinski definition) is 6. The Bertz CT molecular complexity index is 1170. The first kappa shape index (κ1) is 17.8. The average molecular weight is 396 g/mol. The lowest BCUT2D eigenvalue weighted by Gasteiger charge is -2.13. The van der Waals surface area contributed by atoms with Crippen molar-refractivity contribution < 1.29 is 4.74 Å². The highest BCUT2D eigenvalue weighted by Crippen LogP contribution is 2.26. The summed E-state index contributed by atoms with van der Waals surface area (Å²) in [7, 11) is 1.61. The van der Waals surface area contributed by atoms with Gasteiger partial charge in [0.1, 0.15) is 5.75 Å². The van der Waals surface area contributed by atoms with E-state index in [0.29, 0.717) is 27.6 Å². The largest absolute Gasteiger partial charge is 0.497 e. The Hall–Kier alpha value is -2.64. The summed E-state index contributed by atoms with van der Waals surface area (Å²) in [4.78, 5) is 22.5. The number of aromatic nitrogens is 3. The Morgan fingerprint density at radius 3 is 2.78 bits per heavy atom. The fourth-order valence-electron chi connectivity index (χ4n) is 2.80. The molecule has 0 saturated heterocycles. The van der Waals surface area contributed by atoms with E-state index in [2.05, 4.69) is 4.98 Å². The molecule has 27 heavy (non-hydrogen) atoms. The van der Waals surface area contributed by atoms with Crippen molar-refractivity contribution in [2.45, 2.75) is 17.8 Å². The minimum atomic E-state index is -0.0918. The number of hydrogen-bond donors (Lipinski definition) is 0. The fourth-order valence-corrected chi connectivity index (χ4v) is 4.42. The van der Waals surface area contributed by atoms with Gasteiger partial charge in [-0.3, -0.25) is 9.36 Å². The number of methoxy groups -OCH3 is 1. The zero-order valence-corrected chi connectivity index (χ0v) is 16.5. The first-order chi connectivity index (χ1) is 13.2. The summed E-state index contributed by atoms with van der Waals surface area (Å²) in [6, 6.07) is 14.9. The molecule has 0 spiro atoms. The Morgan fingerprint density at radius 2 is 2.00 bits per heavy atom. The topological polar surface area (TPSA) is 57.0 Å². The van der Waals surface area contributed by atoms with Crippen LogP contribution in [0.15, 0.2) is 63.9 Å². The van der Waals surface area contributed by atoms with Crippen LogP contribution in [0.3, 0.4) is 0 Å². The molecule has 0 aliphatic rings. The number of ether oxygens (including phenoxy) is 1. The lowest BCUT2D eigenvalue weighted by molar-refractivity contribution is 0.414. The first-order valence-electron chi connectivity index (χ1n) is 8.36. The van der Waals surface area contributed by atoms with Crippen molar-refractivity contribution in [1.82, 2.24) is 14.5 Å². The number of benzene rings is 2. The summed E-state index contributed by atoms with van der Waals surface area (Å²) >= 11 is 3.13. The molecule has 4 rings (SSSR count). The number of thioether (sulfide) groups is 1. The van der Waals surface area contributed by atoms with E-state index in [1.165, 1.54) is 11.8 Å². The Kier molecular flexibility index (Phi) is 4.96. The fraction of sp³-hybridized carbons (Fsp3) is 0.150. The molecule has 5 nitrogen and oxygen atoms in total. The van der Waals surface area contributed by atoms with Crippen LogP contribution >= 0.6 is 23.1 Å². The van der Waals surface area contributed by atoms with Gasteiger partial charge in [-0.1, -0.05) is 30.0 Å². The summed E-state index contributed by atoms with van der Waals surface area (Å²) in [6.07, 6.45) is 0. The number of aryl methyl sites for hydroxylation is 1. The van der Waals surface area contributed by atoms with Gasteiger partial charge in [0.15, 0.2) is 5.16 Å². The number of thiazole rings is 1. The number of para-hydroxylation sites is 1. The zero-order valence-electron chi connectivity index (χ0n) is 14.9. The van der Waals surface area contributed by atoms with Crippen LogP contribution in [0.2, 0.25) is 0 Å². The van der Waals surface area contributed by atoms with E-state index >= 15 is 0 Å².